The molecule has 5 rings (SSSR count). The third-order valence-electron chi connectivity index (χ3n) is 8.36. The smallest absolute Gasteiger partial charge is 0.332 e. The molecular formula is C33H48O6P2-2. The van der Waals surface area contributed by atoms with Crippen LogP contribution >= 0.6 is 17.2 Å². The third-order valence-corrected chi connectivity index (χ3v) is 9.80. The van der Waals surface area contributed by atoms with Crippen LogP contribution in [0.4, 0.5) is 0 Å². The molecule has 0 radical (unpaired) electrons. The molecule has 0 atom stereocenters. The van der Waals surface area contributed by atoms with Gasteiger partial charge in [0.1, 0.15) is 5.60 Å². The Morgan fingerprint density at radius 2 is 0.902 bits per heavy atom. The van der Waals surface area contributed by atoms with Gasteiger partial charge in [-0.25, -0.2) is 0 Å². The normalized spacial score (nSPS) is 22.5. The van der Waals surface area contributed by atoms with Gasteiger partial charge in [0.15, 0.2) is 0 Å². The van der Waals surface area contributed by atoms with Gasteiger partial charge in [-0.15, -0.1) is 0 Å². The second-order valence-electron chi connectivity index (χ2n) is 15.8. The van der Waals surface area contributed by atoms with E-state index in [-0.39, 0.29) is 41.5 Å². The molecule has 41 heavy (non-hydrogen) atoms. The number of fused-ring (bicyclic) bond motifs is 3. The molecule has 2 bridgehead atoms. The van der Waals surface area contributed by atoms with Crippen LogP contribution in [0.1, 0.15) is 116 Å². The molecule has 0 aromatic heterocycles. The van der Waals surface area contributed by atoms with Crippen LogP contribution in [-0.2, 0) is 45.4 Å². The van der Waals surface area contributed by atoms with Gasteiger partial charge in [0, 0.05) is 0 Å². The summed E-state index contributed by atoms with van der Waals surface area (Å²) < 4.78 is 25.1. The van der Waals surface area contributed by atoms with Crippen molar-refractivity contribution in [1.29, 1.82) is 0 Å². The first-order chi connectivity index (χ1) is 18.7. The van der Waals surface area contributed by atoms with Gasteiger partial charge in [-0.2, -0.15) is 8.60 Å². The zero-order valence-electron chi connectivity index (χ0n) is 26.9. The maximum atomic E-state index is 13.2. The average molecular weight is 603 g/mol. The van der Waals surface area contributed by atoms with Crippen molar-refractivity contribution in [3.8, 4) is 0 Å². The van der Waals surface area contributed by atoms with Crippen molar-refractivity contribution in [2.75, 3.05) is 19.8 Å². The fourth-order valence-corrected chi connectivity index (χ4v) is 8.27. The highest BCUT2D eigenvalue weighted by Crippen LogP contribution is 2.66. The van der Waals surface area contributed by atoms with Crippen LogP contribution in [0, 0.1) is 5.41 Å². The second-order valence-corrected chi connectivity index (χ2v) is 17.6. The van der Waals surface area contributed by atoms with Crippen molar-refractivity contribution in [3.05, 3.63) is 69.8 Å². The van der Waals surface area contributed by atoms with Gasteiger partial charge in [-0.1, -0.05) is 119 Å². The molecule has 0 unspecified atom stereocenters. The Hall–Kier alpha value is -0.940. The van der Waals surface area contributed by atoms with E-state index in [0.717, 1.165) is 33.4 Å². The summed E-state index contributed by atoms with van der Waals surface area (Å²) in [7, 11) is -4.80. The summed E-state index contributed by atoms with van der Waals surface area (Å²) in [6.07, 6.45) is 0. The van der Waals surface area contributed by atoms with Crippen LogP contribution in [0.5, 0.6) is 0 Å². The summed E-state index contributed by atoms with van der Waals surface area (Å²) in [5.74, 6) is 0. The molecule has 3 aliphatic heterocycles. The van der Waals surface area contributed by atoms with E-state index in [2.05, 4.69) is 119 Å². The van der Waals surface area contributed by atoms with Crippen LogP contribution in [0.15, 0.2) is 36.4 Å². The van der Waals surface area contributed by atoms with E-state index in [1.54, 1.807) is 0 Å². The average Bonchev–Trinajstić information content (AvgIpc) is 2.85. The fourth-order valence-electron chi connectivity index (χ4n) is 6.39. The topological polar surface area (TPSA) is 83.0 Å². The number of rotatable bonds is 5. The first-order valence-corrected chi connectivity index (χ1v) is 16.7. The maximum absolute atomic E-state index is 13.2. The Morgan fingerprint density at radius 1 is 0.610 bits per heavy atom. The van der Waals surface area contributed by atoms with E-state index in [1.807, 2.05) is 0 Å². The highest BCUT2D eigenvalue weighted by molar-refractivity contribution is 7.41. The minimum absolute atomic E-state index is 0.256. The molecule has 0 amide bonds. The lowest BCUT2D eigenvalue weighted by atomic mass is 9.56. The molecule has 3 heterocycles. The largest absolute Gasteiger partial charge is 0.820 e. The molecule has 0 aliphatic carbocycles. The Kier molecular flexibility index (Phi) is 8.76. The zero-order valence-corrected chi connectivity index (χ0v) is 28.7. The highest BCUT2D eigenvalue weighted by atomic mass is 31.2. The van der Waals surface area contributed by atoms with E-state index in [0.29, 0.717) is 0 Å². The fraction of sp³-hybridized carbons (Fsp3) is 0.636. The SMILES string of the molecule is CC(C)(C)c1cccc(C(C)(C)C)c1C(OP([O-])[O-])(c1c(C(C)(C)C)cccc1C(C)(C)C)C12COP(OC1)OC2. The first-order valence-electron chi connectivity index (χ1n) is 14.5. The quantitative estimate of drug-likeness (QED) is 0.332. The van der Waals surface area contributed by atoms with Crippen molar-refractivity contribution in [1.82, 2.24) is 0 Å². The van der Waals surface area contributed by atoms with Gasteiger partial charge in [-0.3, -0.25) is 0 Å². The minimum Gasteiger partial charge on any atom is -0.820 e. The molecule has 3 fully saturated rings. The van der Waals surface area contributed by atoms with Crippen molar-refractivity contribution >= 4 is 17.2 Å². The summed E-state index contributed by atoms with van der Waals surface area (Å²) in [5, 5.41) is 0. The number of hydrogen-bond donors (Lipinski definition) is 0. The van der Waals surface area contributed by atoms with Crippen molar-refractivity contribution in [2.24, 2.45) is 5.41 Å². The first kappa shape index (κ1) is 33.0. The Labute approximate surface area is 250 Å². The molecule has 2 aromatic rings. The standard InChI is InChI=1S/C33H48O6P2/c1-28(2,3)22-15-13-16-23(29(4,5)6)26(22)33(39-40(34)35,32-19-36-41(37-20-32)38-21-32)27-24(30(7,8)9)17-14-18-25(27)31(10,11)12/h13-18H,19-21H2,1-12H3/q-2. The zero-order chi connectivity index (χ0) is 30.8. The minimum atomic E-state index is -3.34. The van der Waals surface area contributed by atoms with Crippen LogP contribution < -0.4 is 9.79 Å². The van der Waals surface area contributed by atoms with Gasteiger partial charge < -0.3 is 27.9 Å². The van der Waals surface area contributed by atoms with Crippen molar-refractivity contribution in [2.45, 2.75) is 110 Å². The monoisotopic (exact) mass is 602 g/mol. The number of benzene rings is 2. The van der Waals surface area contributed by atoms with Gasteiger partial charge in [0.25, 0.3) is 0 Å². The molecule has 0 N–H and O–H groups in total. The van der Waals surface area contributed by atoms with Crippen LogP contribution in [0.2, 0.25) is 0 Å². The summed E-state index contributed by atoms with van der Waals surface area (Å²) in [4.78, 5) is 26.4. The Bertz CT molecular complexity index is 1100. The predicted octanol–water partition coefficient (Wildman–Crippen LogP) is 7.37. The van der Waals surface area contributed by atoms with Crippen LogP contribution in [0.3, 0.4) is 0 Å². The lowest BCUT2D eigenvalue weighted by Crippen LogP contribution is -2.61. The lowest BCUT2D eigenvalue weighted by Gasteiger charge is -2.60. The van der Waals surface area contributed by atoms with E-state index >= 15 is 0 Å². The molecule has 3 saturated heterocycles. The van der Waals surface area contributed by atoms with E-state index < -0.39 is 28.2 Å². The summed E-state index contributed by atoms with van der Waals surface area (Å²) >= 11 is 0. The van der Waals surface area contributed by atoms with Gasteiger partial charge >= 0.3 is 8.60 Å². The molecule has 2 aromatic carbocycles. The highest BCUT2D eigenvalue weighted by Gasteiger charge is 2.64. The van der Waals surface area contributed by atoms with Crippen molar-refractivity contribution < 1.29 is 27.9 Å². The Balaban J connectivity index is 2.39. The summed E-state index contributed by atoms with van der Waals surface area (Å²) in [5.41, 5.74) is 1.98. The molecular weight excluding hydrogens is 554 g/mol. The van der Waals surface area contributed by atoms with Gasteiger partial charge in [0.05, 0.1) is 25.2 Å². The third kappa shape index (κ3) is 5.94. The van der Waals surface area contributed by atoms with E-state index in [9.17, 15) is 9.79 Å². The lowest BCUT2D eigenvalue weighted by molar-refractivity contribution is -0.333. The predicted molar refractivity (Wildman–Crippen MR) is 164 cm³/mol. The Morgan fingerprint density at radius 3 is 1.15 bits per heavy atom. The summed E-state index contributed by atoms with van der Waals surface area (Å²) in [6, 6.07) is 12.6. The van der Waals surface area contributed by atoms with Gasteiger partial charge in [0.2, 0.25) is 0 Å². The molecule has 228 valence electrons. The number of hydrogen-bond acceptors (Lipinski definition) is 6. The molecule has 8 heteroatoms. The molecule has 3 aliphatic rings. The molecule has 6 nitrogen and oxygen atoms in total. The van der Waals surface area contributed by atoms with Crippen LogP contribution in [-0.4, -0.2) is 19.8 Å². The second kappa shape index (κ2) is 10.9. The van der Waals surface area contributed by atoms with Gasteiger partial charge in [-0.05, 0) is 55.0 Å². The van der Waals surface area contributed by atoms with E-state index in [1.165, 1.54) is 0 Å². The van der Waals surface area contributed by atoms with Crippen molar-refractivity contribution in [3.63, 3.8) is 0 Å². The maximum Gasteiger partial charge on any atom is 0.332 e. The molecule has 0 spiro atoms. The van der Waals surface area contributed by atoms with E-state index in [4.69, 9.17) is 18.1 Å². The van der Waals surface area contributed by atoms with Crippen LogP contribution in [0.25, 0.3) is 0 Å². The molecule has 0 saturated carbocycles. The summed E-state index contributed by atoms with van der Waals surface area (Å²) in [6.45, 7) is 26.8.